The van der Waals surface area contributed by atoms with Gasteiger partial charge in [-0.25, -0.2) is 9.36 Å². The predicted molar refractivity (Wildman–Crippen MR) is 131 cm³/mol. The molecule has 0 bridgehead atoms. The van der Waals surface area contributed by atoms with Crippen LogP contribution >= 0.6 is 23.2 Å². The van der Waals surface area contributed by atoms with Gasteiger partial charge in [0.2, 0.25) is 0 Å². The summed E-state index contributed by atoms with van der Waals surface area (Å²) in [5.74, 6) is -0.665. The molecule has 0 atom stereocenters. The van der Waals surface area contributed by atoms with Gasteiger partial charge in [-0.2, -0.15) is 0 Å². The molecule has 0 fully saturated rings. The van der Waals surface area contributed by atoms with Crippen LogP contribution in [0.3, 0.4) is 0 Å². The van der Waals surface area contributed by atoms with Gasteiger partial charge in [-0.05, 0) is 48.0 Å². The monoisotopic (exact) mass is 497 g/mol. The van der Waals surface area contributed by atoms with Crippen LogP contribution in [0.25, 0.3) is 16.6 Å². The first-order valence-electron chi connectivity index (χ1n) is 9.97. The summed E-state index contributed by atoms with van der Waals surface area (Å²) in [7, 11) is 1.51. The van der Waals surface area contributed by atoms with Crippen molar-refractivity contribution in [1.29, 1.82) is 0 Å². The molecule has 0 aliphatic heterocycles. The van der Waals surface area contributed by atoms with E-state index in [-0.39, 0.29) is 44.5 Å². The number of hydrogen-bond acceptors (Lipinski definition) is 5. The first-order chi connectivity index (χ1) is 16.3. The molecule has 0 radical (unpaired) electrons. The molecule has 172 valence electrons. The van der Waals surface area contributed by atoms with E-state index in [2.05, 4.69) is 5.32 Å². The van der Waals surface area contributed by atoms with Crippen molar-refractivity contribution in [3.63, 3.8) is 0 Å². The van der Waals surface area contributed by atoms with Gasteiger partial charge in [-0.15, -0.1) is 0 Å². The van der Waals surface area contributed by atoms with Gasteiger partial charge in [-0.1, -0.05) is 35.3 Å². The lowest BCUT2D eigenvalue weighted by atomic mass is 10.1. The fraction of sp³-hybridized carbons (Fsp3) is 0.0833. The van der Waals surface area contributed by atoms with E-state index in [0.717, 1.165) is 4.57 Å². The second-order valence-corrected chi connectivity index (χ2v) is 8.25. The number of fused-ring (bicyclic) bond motifs is 1. The lowest BCUT2D eigenvalue weighted by molar-refractivity contribution is 0.102. The van der Waals surface area contributed by atoms with Crippen LogP contribution < -0.4 is 16.6 Å². The van der Waals surface area contributed by atoms with E-state index >= 15 is 0 Å². The molecule has 0 saturated heterocycles. The highest BCUT2D eigenvalue weighted by molar-refractivity contribution is 6.40. The number of hydrogen-bond donors (Lipinski definition) is 2. The number of rotatable bonds is 5. The molecule has 34 heavy (non-hydrogen) atoms. The predicted octanol–water partition coefficient (Wildman–Crippen LogP) is 3.55. The van der Waals surface area contributed by atoms with Crippen LogP contribution in [0.5, 0.6) is 0 Å². The third-order valence-corrected chi connectivity index (χ3v) is 6.01. The van der Waals surface area contributed by atoms with E-state index < -0.39 is 17.2 Å². The Balaban J connectivity index is 1.88. The molecule has 0 aliphatic rings. The molecule has 3 aromatic carbocycles. The number of aromatic nitrogens is 2. The van der Waals surface area contributed by atoms with Gasteiger partial charge in [0.1, 0.15) is 0 Å². The van der Waals surface area contributed by atoms with Crippen LogP contribution in [0.2, 0.25) is 10.0 Å². The number of carbonyl (C=O) groups is 2. The fourth-order valence-corrected chi connectivity index (χ4v) is 4.20. The van der Waals surface area contributed by atoms with Gasteiger partial charge in [0.15, 0.2) is 6.29 Å². The summed E-state index contributed by atoms with van der Waals surface area (Å²) >= 11 is 12.2. The minimum absolute atomic E-state index is 0.0170. The maximum Gasteiger partial charge on any atom is 0.335 e. The Morgan fingerprint density at radius 3 is 2.41 bits per heavy atom. The largest absolute Gasteiger partial charge is 0.392 e. The van der Waals surface area contributed by atoms with Crippen LogP contribution in [-0.4, -0.2) is 26.4 Å². The summed E-state index contributed by atoms with van der Waals surface area (Å²) in [4.78, 5) is 50.7. The van der Waals surface area contributed by atoms with Crippen molar-refractivity contribution in [3.05, 3.63) is 102 Å². The zero-order chi connectivity index (χ0) is 24.6. The lowest BCUT2D eigenvalue weighted by Crippen LogP contribution is -2.38. The summed E-state index contributed by atoms with van der Waals surface area (Å²) < 4.78 is 2.23. The molecule has 1 aromatic heterocycles. The van der Waals surface area contributed by atoms with Crippen molar-refractivity contribution < 1.29 is 14.7 Å². The third-order valence-electron chi connectivity index (χ3n) is 5.38. The van der Waals surface area contributed by atoms with Crippen molar-refractivity contribution in [1.82, 2.24) is 9.13 Å². The Labute approximate surface area is 202 Å². The highest BCUT2D eigenvalue weighted by Gasteiger charge is 2.18. The quantitative estimate of drug-likeness (QED) is 0.409. The molecule has 0 unspecified atom stereocenters. The van der Waals surface area contributed by atoms with Crippen molar-refractivity contribution in [2.75, 3.05) is 5.32 Å². The average Bonchev–Trinajstić information content (AvgIpc) is 2.82. The molecule has 10 heteroatoms. The van der Waals surface area contributed by atoms with Crippen molar-refractivity contribution in [3.8, 4) is 5.69 Å². The van der Waals surface area contributed by atoms with Gasteiger partial charge in [0.05, 0.1) is 44.5 Å². The summed E-state index contributed by atoms with van der Waals surface area (Å²) in [6, 6.07) is 13.4. The maximum atomic E-state index is 13.2. The molecular weight excluding hydrogens is 481 g/mol. The van der Waals surface area contributed by atoms with Crippen molar-refractivity contribution in [2.45, 2.75) is 6.61 Å². The van der Waals surface area contributed by atoms with Gasteiger partial charge in [0.25, 0.3) is 11.5 Å². The van der Waals surface area contributed by atoms with E-state index in [0.29, 0.717) is 17.4 Å². The van der Waals surface area contributed by atoms with E-state index in [1.807, 2.05) is 0 Å². The molecule has 1 amide bonds. The van der Waals surface area contributed by atoms with E-state index in [4.69, 9.17) is 23.2 Å². The topological polar surface area (TPSA) is 110 Å². The Morgan fingerprint density at radius 1 is 1.06 bits per heavy atom. The number of nitrogens with zero attached hydrogens (tertiary/aromatic N) is 2. The smallest absolute Gasteiger partial charge is 0.335 e. The van der Waals surface area contributed by atoms with Gasteiger partial charge in [0, 0.05) is 12.6 Å². The number of aliphatic hydroxyl groups is 1. The lowest BCUT2D eigenvalue weighted by Gasteiger charge is -2.14. The minimum Gasteiger partial charge on any atom is -0.392 e. The second kappa shape index (κ2) is 9.26. The summed E-state index contributed by atoms with van der Waals surface area (Å²) in [6.45, 7) is -0.271. The maximum absolute atomic E-state index is 13.2. The number of carbonyl (C=O) groups excluding carboxylic acids is 2. The van der Waals surface area contributed by atoms with Gasteiger partial charge < -0.3 is 10.4 Å². The number of nitrogens with one attached hydrogen (secondary N) is 1. The summed E-state index contributed by atoms with van der Waals surface area (Å²) in [5.41, 5.74) is 0.000313. The number of anilines is 1. The summed E-state index contributed by atoms with van der Waals surface area (Å²) in [6.07, 6.45) is 0.530. The number of benzene rings is 3. The number of halogens is 2. The van der Waals surface area contributed by atoms with Crippen LogP contribution in [0, 0.1) is 0 Å². The Hall–Kier alpha value is -3.72. The Bertz CT molecular complexity index is 1570. The Morgan fingerprint density at radius 2 is 1.76 bits per heavy atom. The fourth-order valence-electron chi connectivity index (χ4n) is 3.63. The molecule has 4 rings (SSSR count). The van der Waals surface area contributed by atoms with Gasteiger partial charge in [-0.3, -0.25) is 19.0 Å². The third kappa shape index (κ3) is 4.03. The molecule has 0 spiro atoms. The normalized spacial score (nSPS) is 10.9. The first kappa shape index (κ1) is 23.4. The van der Waals surface area contributed by atoms with Gasteiger partial charge >= 0.3 is 5.69 Å². The minimum atomic E-state index is -0.665. The van der Waals surface area contributed by atoms with E-state index in [1.54, 1.807) is 18.2 Å². The van der Waals surface area contributed by atoms with Crippen LogP contribution in [0.4, 0.5) is 5.69 Å². The molecule has 2 N–H and O–H groups in total. The molecule has 4 aromatic rings. The number of aliphatic hydroxyl groups excluding tert-OH is 1. The average molecular weight is 498 g/mol. The zero-order valence-electron chi connectivity index (χ0n) is 17.7. The van der Waals surface area contributed by atoms with Crippen LogP contribution in [0.15, 0.2) is 64.2 Å². The second-order valence-electron chi connectivity index (χ2n) is 7.43. The van der Waals surface area contributed by atoms with Crippen molar-refractivity contribution in [2.24, 2.45) is 7.05 Å². The van der Waals surface area contributed by atoms with Crippen molar-refractivity contribution >= 4 is 52.0 Å². The number of amides is 1. The molecule has 0 saturated carbocycles. The highest BCUT2D eigenvalue weighted by atomic mass is 35.5. The van der Waals surface area contributed by atoms with E-state index in [1.165, 1.54) is 48.0 Å². The van der Waals surface area contributed by atoms with Crippen LogP contribution in [0.1, 0.15) is 26.3 Å². The molecule has 0 aliphatic carbocycles. The SMILES string of the molecule is Cn1c(=O)n(-c2ccc(C=O)c(NC(=O)c3c(Cl)cccc3Cl)c2)c(=O)c2cc(CO)ccc21. The first-order valence-corrected chi connectivity index (χ1v) is 10.7. The van der Waals surface area contributed by atoms with Crippen LogP contribution in [-0.2, 0) is 13.7 Å². The molecular formula is C24H17Cl2N3O5. The standard InChI is InChI=1S/C24H17Cl2N3O5/c1-28-20-8-5-13(11-30)9-16(20)23(33)29(24(28)34)15-7-6-14(12-31)19(10-15)27-22(32)21-17(25)3-2-4-18(21)26/h2-10,12,30H,11H2,1H3,(H,27,32). The zero-order valence-corrected chi connectivity index (χ0v) is 19.2. The highest BCUT2D eigenvalue weighted by Crippen LogP contribution is 2.26. The van der Waals surface area contributed by atoms with E-state index in [9.17, 15) is 24.3 Å². The summed E-state index contributed by atoms with van der Waals surface area (Å²) in [5, 5.41) is 12.5. The molecule has 1 heterocycles. The molecule has 8 nitrogen and oxygen atoms in total. The Kier molecular flexibility index (Phi) is 6.39. The number of aldehydes is 1. The number of aryl methyl sites for hydroxylation is 1.